The number of imidazole rings is 1. The Labute approximate surface area is 100 Å². The van der Waals surface area contributed by atoms with E-state index < -0.39 is 0 Å². The Morgan fingerprint density at radius 3 is 2.88 bits per heavy atom. The number of aromatic nitrogens is 2. The fraction of sp³-hybridized carbons (Fsp3) is 0.308. The molecule has 0 aliphatic heterocycles. The molecule has 17 heavy (non-hydrogen) atoms. The van der Waals surface area contributed by atoms with E-state index in [0.29, 0.717) is 0 Å². The van der Waals surface area contributed by atoms with E-state index in [1.165, 1.54) is 12.1 Å². The summed E-state index contributed by atoms with van der Waals surface area (Å²) in [6.45, 7) is 4.87. The van der Waals surface area contributed by atoms with Crippen LogP contribution in [-0.4, -0.2) is 9.55 Å². The van der Waals surface area contributed by atoms with E-state index in [1.807, 2.05) is 23.8 Å². The Morgan fingerprint density at radius 2 is 2.18 bits per heavy atom. The summed E-state index contributed by atoms with van der Waals surface area (Å²) in [5.74, 6) is 0.512. The number of hydrogen-bond donors (Lipinski definition) is 1. The standard InChI is InChI=1S/C13H16FN3/c1-3-5-17-6-4-15-13(17)16-12-8-10(2)7-11(14)9-12/h4,6-9H,3,5H2,1-2H3,(H,15,16). The molecule has 90 valence electrons. The molecule has 3 nitrogen and oxygen atoms in total. The van der Waals surface area contributed by atoms with Crippen LogP contribution in [-0.2, 0) is 6.54 Å². The highest BCUT2D eigenvalue weighted by Gasteiger charge is 2.03. The Balaban J connectivity index is 2.22. The minimum atomic E-state index is -0.235. The normalized spacial score (nSPS) is 10.5. The molecule has 4 heteroatoms. The summed E-state index contributed by atoms with van der Waals surface area (Å²) in [4.78, 5) is 4.22. The molecule has 0 unspecified atom stereocenters. The quantitative estimate of drug-likeness (QED) is 0.876. The predicted molar refractivity (Wildman–Crippen MR) is 66.9 cm³/mol. The Bertz CT molecular complexity index is 485. The van der Waals surface area contributed by atoms with Crippen LogP contribution in [0, 0.1) is 12.7 Å². The van der Waals surface area contributed by atoms with E-state index in [-0.39, 0.29) is 5.82 Å². The summed E-state index contributed by atoms with van der Waals surface area (Å²) in [6, 6.07) is 4.87. The van der Waals surface area contributed by atoms with Gasteiger partial charge in [0.05, 0.1) is 0 Å². The maximum absolute atomic E-state index is 13.2. The van der Waals surface area contributed by atoms with Crippen molar-refractivity contribution in [3.8, 4) is 0 Å². The third kappa shape index (κ3) is 2.84. The summed E-state index contributed by atoms with van der Waals surface area (Å²) in [6.07, 6.45) is 4.69. The summed E-state index contributed by atoms with van der Waals surface area (Å²) in [7, 11) is 0. The number of halogens is 1. The van der Waals surface area contributed by atoms with E-state index in [9.17, 15) is 4.39 Å². The lowest BCUT2D eigenvalue weighted by Crippen LogP contribution is -2.03. The fourth-order valence-corrected chi connectivity index (χ4v) is 1.79. The van der Waals surface area contributed by atoms with Gasteiger partial charge in [-0.25, -0.2) is 9.37 Å². The molecule has 0 aliphatic rings. The molecule has 0 saturated heterocycles. The molecule has 0 aliphatic carbocycles. The zero-order chi connectivity index (χ0) is 12.3. The first-order valence-corrected chi connectivity index (χ1v) is 5.74. The van der Waals surface area contributed by atoms with Crippen molar-refractivity contribution in [3.05, 3.63) is 42.0 Å². The van der Waals surface area contributed by atoms with Gasteiger partial charge in [0.25, 0.3) is 0 Å². The second-order valence-electron chi connectivity index (χ2n) is 4.09. The average Bonchev–Trinajstić information content (AvgIpc) is 2.65. The smallest absolute Gasteiger partial charge is 0.207 e. The van der Waals surface area contributed by atoms with Crippen molar-refractivity contribution < 1.29 is 4.39 Å². The van der Waals surface area contributed by atoms with E-state index in [0.717, 1.165) is 30.2 Å². The second-order valence-corrected chi connectivity index (χ2v) is 4.09. The largest absolute Gasteiger partial charge is 0.326 e. The molecule has 0 atom stereocenters. The van der Waals surface area contributed by atoms with Crippen LogP contribution in [0.1, 0.15) is 18.9 Å². The van der Waals surface area contributed by atoms with Crippen LogP contribution >= 0.6 is 0 Å². The first kappa shape index (κ1) is 11.6. The number of aryl methyl sites for hydroxylation is 2. The number of anilines is 2. The van der Waals surface area contributed by atoms with Crippen molar-refractivity contribution in [1.82, 2.24) is 9.55 Å². The lowest BCUT2D eigenvalue weighted by atomic mass is 10.2. The van der Waals surface area contributed by atoms with Gasteiger partial charge < -0.3 is 9.88 Å². The van der Waals surface area contributed by atoms with Gasteiger partial charge in [-0.3, -0.25) is 0 Å². The minimum Gasteiger partial charge on any atom is -0.326 e. The zero-order valence-corrected chi connectivity index (χ0v) is 10.1. The highest BCUT2D eigenvalue weighted by Crippen LogP contribution is 2.18. The first-order chi connectivity index (χ1) is 8.19. The third-order valence-corrected chi connectivity index (χ3v) is 2.48. The van der Waals surface area contributed by atoms with E-state index >= 15 is 0 Å². The molecule has 1 N–H and O–H groups in total. The van der Waals surface area contributed by atoms with Gasteiger partial charge in [-0.15, -0.1) is 0 Å². The SMILES string of the molecule is CCCn1ccnc1Nc1cc(C)cc(F)c1. The lowest BCUT2D eigenvalue weighted by molar-refractivity contribution is 0.627. The van der Waals surface area contributed by atoms with E-state index in [1.54, 1.807) is 6.20 Å². The Hall–Kier alpha value is -1.84. The molecule has 1 heterocycles. The molecule has 0 amide bonds. The van der Waals surface area contributed by atoms with Crippen molar-refractivity contribution in [1.29, 1.82) is 0 Å². The Morgan fingerprint density at radius 1 is 1.35 bits per heavy atom. The van der Waals surface area contributed by atoms with E-state index in [2.05, 4.69) is 17.2 Å². The third-order valence-electron chi connectivity index (χ3n) is 2.48. The molecule has 2 rings (SSSR count). The molecular weight excluding hydrogens is 217 g/mol. The van der Waals surface area contributed by atoms with Crippen molar-refractivity contribution in [2.75, 3.05) is 5.32 Å². The number of rotatable bonds is 4. The molecule has 0 spiro atoms. The number of benzene rings is 1. The maximum atomic E-state index is 13.2. The first-order valence-electron chi connectivity index (χ1n) is 5.74. The van der Waals surface area contributed by atoms with Crippen LogP contribution in [0.4, 0.5) is 16.0 Å². The van der Waals surface area contributed by atoms with Gasteiger partial charge in [0, 0.05) is 24.6 Å². The van der Waals surface area contributed by atoms with Gasteiger partial charge in [-0.1, -0.05) is 6.92 Å². The van der Waals surface area contributed by atoms with Crippen LogP contribution in [0.5, 0.6) is 0 Å². The topological polar surface area (TPSA) is 29.9 Å². The van der Waals surface area contributed by atoms with Crippen LogP contribution < -0.4 is 5.32 Å². The summed E-state index contributed by atoms with van der Waals surface area (Å²) < 4.78 is 15.3. The van der Waals surface area contributed by atoms with Gasteiger partial charge in [-0.05, 0) is 37.1 Å². The molecule has 1 aromatic carbocycles. The van der Waals surface area contributed by atoms with Crippen LogP contribution in [0.3, 0.4) is 0 Å². The maximum Gasteiger partial charge on any atom is 0.207 e. The summed E-state index contributed by atoms with van der Waals surface area (Å²) in [5, 5.41) is 3.13. The zero-order valence-electron chi connectivity index (χ0n) is 10.1. The molecule has 0 fully saturated rings. The molecule has 2 aromatic rings. The van der Waals surface area contributed by atoms with Crippen LogP contribution in [0.2, 0.25) is 0 Å². The summed E-state index contributed by atoms with van der Waals surface area (Å²) in [5.41, 5.74) is 1.62. The van der Waals surface area contributed by atoms with Gasteiger partial charge in [0.1, 0.15) is 5.82 Å². The van der Waals surface area contributed by atoms with E-state index in [4.69, 9.17) is 0 Å². The molecule has 0 bridgehead atoms. The molecular formula is C13H16FN3. The fourth-order valence-electron chi connectivity index (χ4n) is 1.79. The van der Waals surface area contributed by atoms with Crippen molar-refractivity contribution in [2.24, 2.45) is 0 Å². The van der Waals surface area contributed by atoms with Gasteiger partial charge in [0.15, 0.2) is 0 Å². The Kier molecular flexibility index (Phi) is 3.42. The lowest BCUT2D eigenvalue weighted by Gasteiger charge is -2.09. The second kappa shape index (κ2) is 4.99. The van der Waals surface area contributed by atoms with Crippen LogP contribution in [0.15, 0.2) is 30.6 Å². The average molecular weight is 233 g/mol. The molecule has 1 aromatic heterocycles. The highest BCUT2D eigenvalue weighted by atomic mass is 19.1. The molecule has 0 radical (unpaired) electrons. The van der Waals surface area contributed by atoms with Crippen LogP contribution in [0.25, 0.3) is 0 Å². The van der Waals surface area contributed by atoms with Gasteiger partial charge in [0.2, 0.25) is 5.95 Å². The summed E-state index contributed by atoms with van der Waals surface area (Å²) >= 11 is 0. The minimum absolute atomic E-state index is 0.235. The number of nitrogens with zero attached hydrogens (tertiary/aromatic N) is 2. The van der Waals surface area contributed by atoms with Gasteiger partial charge in [-0.2, -0.15) is 0 Å². The molecule has 0 saturated carbocycles. The van der Waals surface area contributed by atoms with Crippen molar-refractivity contribution >= 4 is 11.6 Å². The van der Waals surface area contributed by atoms with Crippen molar-refractivity contribution in [2.45, 2.75) is 26.8 Å². The number of nitrogens with one attached hydrogen (secondary N) is 1. The monoisotopic (exact) mass is 233 g/mol. The van der Waals surface area contributed by atoms with Gasteiger partial charge >= 0.3 is 0 Å². The predicted octanol–water partition coefficient (Wildman–Crippen LogP) is 3.48. The van der Waals surface area contributed by atoms with Crippen molar-refractivity contribution in [3.63, 3.8) is 0 Å². The highest BCUT2D eigenvalue weighted by molar-refractivity contribution is 5.54. The number of hydrogen-bond acceptors (Lipinski definition) is 2.